The number of ether oxygens (including phenoxy) is 1. The number of nitrogens with zero attached hydrogens (tertiary/aromatic N) is 1. The molecular formula is C8H4BrF3INO2. The molecule has 16 heavy (non-hydrogen) atoms. The number of carbonyl (C=O) groups excluding carboxylic acids is 1. The zero-order valence-electron chi connectivity index (χ0n) is 7.52. The molecule has 0 N–H and O–H groups in total. The van der Waals surface area contributed by atoms with Gasteiger partial charge in [0.05, 0.1) is 0 Å². The molecule has 3 nitrogen and oxygen atoms in total. The first-order chi connectivity index (χ1) is 7.37. The summed E-state index contributed by atoms with van der Waals surface area (Å²) in [5.41, 5.74) is 0.393. The van der Waals surface area contributed by atoms with E-state index in [1.165, 1.54) is 6.07 Å². The second-order valence-corrected chi connectivity index (χ2v) is 4.21. The average molecular weight is 410 g/mol. The first-order valence-electron chi connectivity index (χ1n) is 3.83. The van der Waals surface area contributed by atoms with Crippen LogP contribution in [-0.4, -0.2) is 17.6 Å². The SMILES string of the molecule is O=Cc1cc(CBr)c(OC(F)(F)F)nc1I. The molecular weight excluding hydrogens is 406 g/mol. The van der Waals surface area contributed by atoms with Gasteiger partial charge < -0.3 is 4.74 Å². The lowest BCUT2D eigenvalue weighted by Crippen LogP contribution is -2.19. The maximum atomic E-state index is 12.0. The molecule has 8 heteroatoms. The van der Waals surface area contributed by atoms with Crippen LogP contribution in [0.4, 0.5) is 13.2 Å². The summed E-state index contributed by atoms with van der Waals surface area (Å²) in [6.07, 6.45) is -4.27. The van der Waals surface area contributed by atoms with E-state index in [0.717, 1.165) is 0 Å². The van der Waals surface area contributed by atoms with Crippen molar-refractivity contribution in [2.45, 2.75) is 11.7 Å². The quantitative estimate of drug-likeness (QED) is 0.333. The lowest BCUT2D eigenvalue weighted by molar-refractivity contribution is -0.276. The van der Waals surface area contributed by atoms with Crippen LogP contribution in [-0.2, 0) is 5.33 Å². The van der Waals surface area contributed by atoms with E-state index in [1.807, 2.05) is 0 Å². The van der Waals surface area contributed by atoms with Crippen LogP contribution in [0.1, 0.15) is 15.9 Å². The monoisotopic (exact) mass is 409 g/mol. The van der Waals surface area contributed by atoms with E-state index in [-0.39, 0.29) is 20.2 Å². The summed E-state index contributed by atoms with van der Waals surface area (Å²) < 4.78 is 40.0. The fraction of sp³-hybridized carbons (Fsp3) is 0.250. The second kappa shape index (κ2) is 5.30. The van der Waals surface area contributed by atoms with Gasteiger partial charge in [0.1, 0.15) is 3.70 Å². The highest BCUT2D eigenvalue weighted by Crippen LogP contribution is 2.28. The number of pyridine rings is 1. The summed E-state index contributed by atoms with van der Waals surface area (Å²) in [5, 5.41) is 0.114. The number of aldehydes is 1. The highest BCUT2D eigenvalue weighted by Gasteiger charge is 2.33. The average Bonchev–Trinajstić information content (AvgIpc) is 2.16. The molecule has 0 atom stereocenters. The minimum Gasteiger partial charge on any atom is -0.388 e. The summed E-state index contributed by atoms with van der Waals surface area (Å²) in [6.45, 7) is 0. The van der Waals surface area contributed by atoms with Gasteiger partial charge in [-0.05, 0) is 28.7 Å². The Bertz CT molecular complexity index is 411. The molecule has 0 aliphatic heterocycles. The van der Waals surface area contributed by atoms with Crippen LogP contribution >= 0.6 is 38.5 Å². The lowest BCUT2D eigenvalue weighted by Gasteiger charge is -2.11. The van der Waals surface area contributed by atoms with Crippen LogP contribution in [0.5, 0.6) is 5.88 Å². The van der Waals surface area contributed by atoms with Gasteiger partial charge in [0, 0.05) is 16.5 Å². The van der Waals surface area contributed by atoms with Crippen molar-refractivity contribution in [1.82, 2.24) is 4.98 Å². The van der Waals surface area contributed by atoms with E-state index in [1.54, 1.807) is 22.6 Å². The molecule has 0 saturated carbocycles. The van der Waals surface area contributed by atoms with Crippen molar-refractivity contribution in [2.75, 3.05) is 0 Å². The Balaban J connectivity index is 3.18. The van der Waals surface area contributed by atoms with Gasteiger partial charge in [-0.15, -0.1) is 13.2 Å². The molecule has 0 aliphatic carbocycles. The van der Waals surface area contributed by atoms with E-state index in [4.69, 9.17) is 0 Å². The van der Waals surface area contributed by atoms with Gasteiger partial charge in [0.15, 0.2) is 6.29 Å². The predicted octanol–water partition coefficient (Wildman–Crippen LogP) is 3.29. The highest BCUT2D eigenvalue weighted by atomic mass is 127. The van der Waals surface area contributed by atoms with Gasteiger partial charge in [-0.2, -0.15) is 0 Å². The predicted molar refractivity (Wildman–Crippen MR) is 61.7 cm³/mol. The van der Waals surface area contributed by atoms with Gasteiger partial charge >= 0.3 is 6.36 Å². The van der Waals surface area contributed by atoms with Crippen molar-refractivity contribution < 1.29 is 22.7 Å². The highest BCUT2D eigenvalue weighted by molar-refractivity contribution is 14.1. The molecule has 1 rings (SSSR count). The maximum Gasteiger partial charge on any atom is 0.574 e. The summed E-state index contributed by atoms with van der Waals surface area (Å²) in [6, 6.07) is 1.30. The number of alkyl halides is 4. The molecule has 0 bridgehead atoms. The summed E-state index contributed by atoms with van der Waals surface area (Å²) in [5.74, 6) is -0.542. The van der Waals surface area contributed by atoms with Crippen LogP contribution in [0.15, 0.2) is 6.07 Å². The molecule has 88 valence electrons. The minimum atomic E-state index is -4.80. The molecule has 0 spiro atoms. The zero-order chi connectivity index (χ0) is 12.3. The van der Waals surface area contributed by atoms with Gasteiger partial charge in [0.2, 0.25) is 5.88 Å². The fourth-order valence-electron chi connectivity index (χ4n) is 0.911. The van der Waals surface area contributed by atoms with Gasteiger partial charge in [-0.1, -0.05) is 15.9 Å². The third kappa shape index (κ3) is 3.58. The van der Waals surface area contributed by atoms with Crippen molar-refractivity contribution in [3.63, 3.8) is 0 Å². The number of hydrogen-bond donors (Lipinski definition) is 0. The van der Waals surface area contributed by atoms with Crippen molar-refractivity contribution >= 4 is 44.8 Å². The standard InChI is InChI=1S/C8H4BrF3INO2/c9-2-4-1-5(3-15)6(13)14-7(4)16-8(10,11)12/h1,3H,2H2. The molecule has 1 aromatic rings. The van der Waals surface area contributed by atoms with Crippen LogP contribution in [0, 0.1) is 3.70 Å². The molecule has 0 saturated heterocycles. The Hall–Kier alpha value is -0.380. The van der Waals surface area contributed by atoms with Crippen LogP contribution < -0.4 is 4.74 Å². The van der Waals surface area contributed by atoms with Crippen molar-refractivity contribution in [1.29, 1.82) is 0 Å². The molecule has 0 radical (unpaired) electrons. The zero-order valence-corrected chi connectivity index (χ0v) is 11.3. The van der Waals surface area contributed by atoms with E-state index in [9.17, 15) is 18.0 Å². The van der Waals surface area contributed by atoms with Crippen LogP contribution in [0.25, 0.3) is 0 Å². The number of hydrogen-bond acceptors (Lipinski definition) is 3. The van der Waals surface area contributed by atoms with Crippen molar-refractivity contribution in [3.8, 4) is 5.88 Å². The Kier molecular flexibility index (Phi) is 4.53. The van der Waals surface area contributed by atoms with Crippen molar-refractivity contribution in [2.24, 2.45) is 0 Å². The minimum absolute atomic E-state index is 0.114. The van der Waals surface area contributed by atoms with Crippen molar-refractivity contribution in [3.05, 3.63) is 20.9 Å². The van der Waals surface area contributed by atoms with E-state index in [0.29, 0.717) is 6.29 Å². The normalized spacial score (nSPS) is 11.3. The molecule has 0 unspecified atom stereocenters. The Morgan fingerprint density at radius 2 is 2.19 bits per heavy atom. The molecule has 0 fully saturated rings. The molecule has 0 aromatic carbocycles. The van der Waals surface area contributed by atoms with Gasteiger partial charge in [-0.3, -0.25) is 4.79 Å². The third-order valence-corrected chi connectivity index (χ3v) is 2.99. The van der Waals surface area contributed by atoms with E-state index < -0.39 is 12.2 Å². The van der Waals surface area contributed by atoms with Gasteiger partial charge in [0.25, 0.3) is 0 Å². The first kappa shape index (κ1) is 13.7. The Labute approximate surface area is 111 Å². The van der Waals surface area contributed by atoms with E-state index >= 15 is 0 Å². The van der Waals surface area contributed by atoms with Crippen LogP contribution in [0.2, 0.25) is 0 Å². The first-order valence-corrected chi connectivity index (χ1v) is 6.03. The maximum absolute atomic E-state index is 12.0. The molecule has 1 aromatic heterocycles. The lowest BCUT2D eigenvalue weighted by atomic mass is 10.2. The number of carbonyl (C=O) groups is 1. The fourth-order valence-corrected chi connectivity index (χ4v) is 1.81. The number of aromatic nitrogens is 1. The van der Waals surface area contributed by atoms with Crippen LogP contribution in [0.3, 0.4) is 0 Å². The third-order valence-electron chi connectivity index (χ3n) is 1.53. The van der Waals surface area contributed by atoms with Gasteiger partial charge in [-0.25, -0.2) is 4.98 Å². The number of rotatable bonds is 3. The molecule has 1 heterocycles. The molecule has 0 aliphatic rings. The Morgan fingerprint density at radius 1 is 1.56 bits per heavy atom. The smallest absolute Gasteiger partial charge is 0.388 e. The largest absolute Gasteiger partial charge is 0.574 e. The second-order valence-electron chi connectivity index (χ2n) is 2.63. The Morgan fingerprint density at radius 3 is 2.62 bits per heavy atom. The number of halogens is 5. The summed E-state index contributed by atoms with van der Waals surface area (Å²) >= 11 is 4.66. The molecule has 0 amide bonds. The topological polar surface area (TPSA) is 39.2 Å². The summed E-state index contributed by atoms with van der Waals surface area (Å²) in [4.78, 5) is 14.2. The summed E-state index contributed by atoms with van der Waals surface area (Å²) in [7, 11) is 0. The van der Waals surface area contributed by atoms with E-state index in [2.05, 4.69) is 25.7 Å².